The van der Waals surface area contributed by atoms with E-state index in [1.54, 1.807) is 0 Å². The van der Waals surface area contributed by atoms with E-state index in [1.807, 2.05) is 17.9 Å². The van der Waals surface area contributed by atoms with Crippen LogP contribution >= 0.6 is 0 Å². The molecule has 0 bridgehead atoms. The molecule has 0 N–H and O–H groups in total. The molecule has 2 heteroatoms. The Hall–Kier alpha value is -1.96. The second kappa shape index (κ2) is 4.05. The summed E-state index contributed by atoms with van der Waals surface area (Å²) >= 11 is 0. The number of hydrogen-bond acceptors (Lipinski definition) is 1. The molecule has 90 valence electrons. The molecule has 0 atom stereocenters. The molecule has 2 aromatic carbocycles. The maximum Gasteiger partial charge on any atom is 0.215 e. The Labute approximate surface area is 107 Å². The first kappa shape index (κ1) is 11.1. The van der Waals surface area contributed by atoms with Crippen molar-refractivity contribution in [2.24, 2.45) is 7.05 Å². The van der Waals surface area contributed by atoms with Gasteiger partial charge in [-0.2, -0.15) is 0 Å². The number of aromatic nitrogens is 2. The lowest BCUT2D eigenvalue weighted by Crippen LogP contribution is -2.37. The molecule has 0 aliphatic heterocycles. The highest BCUT2D eigenvalue weighted by Crippen LogP contribution is 2.28. The first-order valence-corrected chi connectivity index (χ1v) is 6.38. The lowest BCUT2D eigenvalue weighted by Gasteiger charge is -2.08. The minimum Gasteiger partial charge on any atom is -0.0906 e. The molecule has 0 aliphatic rings. The molecule has 1 aromatic heterocycles. The number of nitrogens with zero attached hydrogens (tertiary/aromatic N) is 2. The van der Waals surface area contributed by atoms with E-state index in [9.17, 15) is 0 Å². The van der Waals surface area contributed by atoms with Crippen LogP contribution < -0.4 is 4.68 Å². The second-order valence-electron chi connectivity index (χ2n) is 4.75. The van der Waals surface area contributed by atoms with E-state index in [0.717, 1.165) is 6.42 Å². The van der Waals surface area contributed by atoms with Crippen molar-refractivity contribution in [2.75, 3.05) is 0 Å². The number of fused-ring (bicyclic) bond motifs is 2. The molecule has 3 aromatic rings. The van der Waals surface area contributed by atoms with Crippen molar-refractivity contribution in [1.29, 1.82) is 0 Å². The van der Waals surface area contributed by atoms with E-state index < -0.39 is 0 Å². The summed E-state index contributed by atoms with van der Waals surface area (Å²) in [4.78, 5) is 0. The van der Waals surface area contributed by atoms with Crippen molar-refractivity contribution in [3.8, 4) is 0 Å². The van der Waals surface area contributed by atoms with Crippen molar-refractivity contribution < 1.29 is 4.68 Å². The summed E-state index contributed by atoms with van der Waals surface area (Å²) in [6, 6.07) is 10.8. The van der Waals surface area contributed by atoms with Gasteiger partial charge in [-0.05, 0) is 34.4 Å². The van der Waals surface area contributed by atoms with Gasteiger partial charge in [0.25, 0.3) is 0 Å². The number of rotatable bonds is 1. The largest absolute Gasteiger partial charge is 0.215 e. The van der Waals surface area contributed by atoms with E-state index >= 15 is 0 Å². The Bertz CT molecular complexity index is 745. The molecule has 18 heavy (non-hydrogen) atoms. The van der Waals surface area contributed by atoms with Gasteiger partial charge in [-0.25, -0.2) is 0 Å². The van der Waals surface area contributed by atoms with Crippen LogP contribution in [-0.4, -0.2) is 5.10 Å². The van der Waals surface area contributed by atoms with Crippen molar-refractivity contribution in [2.45, 2.75) is 20.3 Å². The molecular weight excluding hydrogens is 220 g/mol. The molecule has 0 fully saturated rings. The minimum absolute atomic E-state index is 0.999. The van der Waals surface area contributed by atoms with Crippen LogP contribution in [0.5, 0.6) is 0 Å². The standard InChI is InChI=1S/C16H17N2/c1-4-16-14-9-12-7-5-6-8-13(12)11(2)15(14)10-17-18(16)3/h5-10H,4H2,1-3H3/q+1. The maximum absolute atomic E-state index is 4.46. The molecule has 0 saturated heterocycles. The van der Waals surface area contributed by atoms with Gasteiger partial charge in [-0.15, -0.1) is 0 Å². The highest BCUT2D eigenvalue weighted by molar-refractivity contribution is 6.02. The Morgan fingerprint density at radius 3 is 2.67 bits per heavy atom. The topological polar surface area (TPSA) is 16.8 Å². The van der Waals surface area contributed by atoms with Gasteiger partial charge in [-0.3, -0.25) is 0 Å². The molecule has 0 radical (unpaired) electrons. The van der Waals surface area contributed by atoms with Gasteiger partial charge in [0.2, 0.25) is 5.69 Å². The van der Waals surface area contributed by atoms with E-state index in [-0.39, 0.29) is 0 Å². The van der Waals surface area contributed by atoms with Gasteiger partial charge in [0.05, 0.1) is 5.39 Å². The lowest BCUT2D eigenvalue weighted by atomic mass is 9.98. The van der Waals surface area contributed by atoms with Crippen LogP contribution in [0.1, 0.15) is 18.2 Å². The van der Waals surface area contributed by atoms with Crippen molar-refractivity contribution >= 4 is 21.5 Å². The van der Waals surface area contributed by atoms with Crippen LogP contribution in [0.2, 0.25) is 0 Å². The molecule has 2 nitrogen and oxygen atoms in total. The third-order valence-electron chi connectivity index (χ3n) is 3.76. The number of benzene rings is 2. The van der Waals surface area contributed by atoms with E-state index in [0.29, 0.717) is 0 Å². The zero-order chi connectivity index (χ0) is 12.7. The van der Waals surface area contributed by atoms with Crippen molar-refractivity contribution in [1.82, 2.24) is 5.10 Å². The molecule has 0 amide bonds. The Morgan fingerprint density at radius 2 is 1.89 bits per heavy atom. The van der Waals surface area contributed by atoms with Crippen LogP contribution in [0.25, 0.3) is 21.5 Å². The Kier molecular flexibility index (Phi) is 2.51. The lowest BCUT2D eigenvalue weighted by molar-refractivity contribution is -0.736. The highest BCUT2D eigenvalue weighted by Gasteiger charge is 2.14. The van der Waals surface area contributed by atoms with E-state index in [2.05, 4.69) is 49.3 Å². The first-order chi connectivity index (χ1) is 8.72. The molecule has 0 aliphatic carbocycles. The quantitative estimate of drug-likeness (QED) is 0.469. The average molecular weight is 237 g/mol. The second-order valence-corrected chi connectivity index (χ2v) is 4.75. The third kappa shape index (κ3) is 1.49. The molecule has 0 unspecified atom stereocenters. The predicted molar refractivity (Wildman–Crippen MR) is 74.5 cm³/mol. The zero-order valence-electron chi connectivity index (χ0n) is 11.1. The SMILES string of the molecule is CCc1c2cc3ccccc3c(C)c2cn[n+]1C. The van der Waals surface area contributed by atoms with Gasteiger partial charge in [0.1, 0.15) is 6.20 Å². The summed E-state index contributed by atoms with van der Waals surface area (Å²) < 4.78 is 1.98. The highest BCUT2D eigenvalue weighted by atomic mass is 15.2. The zero-order valence-corrected chi connectivity index (χ0v) is 11.1. The minimum atomic E-state index is 0.999. The van der Waals surface area contributed by atoms with Gasteiger partial charge in [-0.1, -0.05) is 35.9 Å². The Morgan fingerprint density at radius 1 is 1.11 bits per heavy atom. The normalized spacial score (nSPS) is 11.3. The van der Waals surface area contributed by atoms with Gasteiger partial charge in [0.15, 0.2) is 7.05 Å². The smallest absolute Gasteiger partial charge is 0.0906 e. The van der Waals surface area contributed by atoms with Gasteiger partial charge >= 0.3 is 0 Å². The molecule has 1 heterocycles. The van der Waals surface area contributed by atoms with Gasteiger partial charge in [0, 0.05) is 11.8 Å². The Balaban J connectivity index is 2.55. The summed E-state index contributed by atoms with van der Waals surface area (Å²) in [6.45, 7) is 4.37. The first-order valence-electron chi connectivity index (χ1n) is 6.38. The number of aryl methyl sites for hydroxylation is 3. The summed E-state index contributed by atoms with van der Waals surface area (Å²) in [6.07, 6.45) is 2.98. The maximum atomic E-state index is 4.46. The van der Waals surface area contributed by atoms with Crippen LogP contribution in [0.15, 0.2) is 36.5 Å². The summed E-state index contributed by atoms with van der Waals surface area (Å²) in [5, 5.41) is 9.69. The van der Waals surface area contributed by atoms with Gasteiger partial charge < -0.3 is 0 Å². The average Bonchev–Trinajstić information content (AvgIpc) is 2.39. The summed E-state index contributed by atoms with van der Waals surface area (Å²) in [7, 11) is 2.02. The molecule has 3 rings (SSSR count). The van der Waals surface area contributed by atoms with E-state index in [1.165, 1.54) is 32.8 Å². The van der Waals surface area contributed by atoms with Crippen molar-refractivity contribution in [3.63, 3.8) is 0 Å². The van der Waals surface area contributed by atoms with Crippen LogP contribution in [-0.2, 0) is 13.5 Å². The molecular formula is C16H17N2+. The number of hydrogen-bond donors (Lipinski definition) is 0. The van der Waals surface area contributed by atoms with Crippen LogP contribution in [0.4, 0.5) is 0 Å². The fourth-order valence-electron chi connectivity index (χ4n) is 2.76. The summed E-state index contributed by atoms with van der Waals surface area (Å²) in [5.41, 5.74) is 2.62. The third-order valence-corrected chi connectivity index (χ3v) is 3.76. The fourth-order valence-corrected chi connectivity index (χ4v) is 2.76. The predicted octanol–water partition coefficient (Wildman–Crippen LogP) is 3.08. The molecule has 0 spiro atoms. The monoisotopic (exact) mass is 237 g/mol. The van der Waals surface area contributed by atoms with Crippen LogP contribution in [0, 0.1) is 6.92 Å². The van der Waals surface area contributed by atoms with E-state index in [4.69, 9.17) is 0 Å². The molecule has 0 saturated carbocycles. The van der Waals surface area contributed by atoms with Crippen molar-refractivity contribution in [3.05, 3.63) is 47.8 Å². The fraction of sp³-hybridized carbons (Fsp3) is 0.250. The van der Waals surface area contributed by atoms with Crippen LogP contribution in [0.3, 0.4) is 0 Å². The summed E-state index contributed by atoms with van der Waals surface area (Å²) in [5.74, 6) is 0.